The molecule has 0 atom stereocenters. The molecule has 0 aliphatic carbocycles. The van der Waals surface area contributed by atoms with E-state index in [1.807, 2.05) is 36.4 Å². The lowest BCUT2D eigenvalue weighted by atomic mass is 10.2. The quantitative estimate of drug-likeness (QED) is 0.790. The van der Waals surface area contributed by atoms with E-state index in [4.69, 9.17) is 4.52 Å². The number of nitrogens with one attached hydrogen (secondary N) is 1. The zero-order valence-corrected chi connectivity index (χ0v) is 10.5. The van der Waals surface area contributed by atoms with Gasteiger partial charge in [-0.15, -0.1) is 0 Å². The van der Waals surface area contributed by atoms with Gasteiger partial charge in [-0.05, 0) is 29.4 Å². The summed E-state index contributed by atoms with van der Waals surface area (Å²) in [6.45, 7) is 0. The van der Waals surface area contributed by atoms with Gasteiger partial charge in [0.05, 0.1) is 0 Å². The summed E-state index contributed by atoms with van der Waals surface area (Å²) < 4.78 is 5.11. The van der Waals surface area contributed by atoms with Crippen LogP contribution in [0.5, 0.6) is 0 Å². The Balaban J connectivity index is 1.77. The highest BCUT2D eigenvalue weighted by Gasteiger charge is 2.11. The number of hydrogen-bond donors (Lipinski definition) is 1. The number of hydrogen-bond acceptors (Lipinski definition) is 4. The van der Waals surface area contributed by atoms with Crippen molar-refractivity contribution in [2.45, 2.75) is 0 Å². The molecule has 0 fully saturated rings. The fraction of sp³-hybridized carbons (Fsp3) is 0. The number of carbonyl (C=O) groups is 1. The molecular formula is C15H11N3O2. The molecule has 0 aliphatic heterocycles. The Hall–Kier alpha value is -2.95. The predicted molar refractivity (Wildman–Crippen MR) is 74.1 cm³/mol. The molecule has 3 aromatic rings. The monoisotopic (exact) mass is 265 g/mol. The van der Waals surface area contributed by atoms with Gasteiger partial charge in [-0.2, -0.15) is 4.98 Å². The molecule has 1 heterocycles. The molecule has 5 nitrogen and oxygen atoms in total. The van der Waals surface area contributed by atoms with Gasteiger partial charge in [0.2, 0.25) is 0 Å². The van der Waals surface area contributed by atoms with Crippen LogP contribution in [0.1, 0.15) is 10.4 Å². The Bertz CT molecular complexity index is 708. The Morgan fingerprint density at radius 3 is 2.30 bits per heavy atom. The topological polar surface area (TPSA) is 68.0 Å². The molecule has 3 rings (SSSR count). The van der Waals surface area contributed by atoms with E-state index in [9.17, 15) is 4.79 Å². The third-order valence-electron chi connectivity index (χ3n) is 2.71. The average molecular weight is 265 g/mol. The summed E-state index contributed by atoms with van der Waals surface area (Å²) in [7, 11) is 0. The second-order valence-corrected chi connectivity index (χ2v) is 4.11. The van der Waals surface area contributed by atoms with E-state index in [2.05, 4.69) is 15.5 Å². The minimum absolute atomic E-state index is 0.151. The molecule has 0 bridgehead atoms. The van der Waals surface area contributed by atoms with E-state index >= 15 is 0 Å². The van der Waals surface area contributed by atoms with E-state index in [1.54, 1.807) is 24.3 Å². The van der Waals surface area contributed by atoms with Crippen LogP contribution in [0, 0.1) is 0 Å². The summed E-state index contributed by atoms with van der Waals surface area (Å²) in [6, 6.07) is 18.2. The minimum Gasteiger partial charge on any atom is -0.332 e. The van der Waals surface area contributed by atoms with Crippen molar-refractivity contribution in [3.63, 3.8) is 0 Å². The Labute approximate surface area is 115 Å². The molecule has 0 unspecified atom stereocenters. The minimum atomic E-state index is -0.272. The van der Waals surface area contributed by atoms with Gasteiger partial charge in [0.25, 0.3) is 17.7 Å². The van der Waals surface area contributed by atoms with Gasteiger partial charge >= 0.3 is 0 Å². The fourth-order valence-electron chi connectivity index (χ4n) is 1.74. The molecule has 0 radical (unpaired) electrons. The first-order valence-electron chi connectivity index (χ1n) is 6.08. The summed E-state index contributed by atoms with van der Waals surface area (Å²) >= 11 is 0. The molecule has 1 N–H and O–H groups in total. The number of benzene rings is 2. The molecule has 1 aromatic heterocycles. The van der Waals surface area contributed by atoms with Crippen LogP contribution in [0.15, 0.2) is 65.2 Å². The number of rotatable bonds is 3. The van der Waals surface area contributed by atoms with E-state index in [1.165, 1.54) is 0 Å². The smallest absolute Gasteiger partial charge is 0.270 e. The van der Waals surface area contributed by atoms with Gasteiger partial charge in [-0.3, -0.25) is 10.1 Å². The van der Waals surface area contributed by atoms with Crippen molar-refractivity contribution in [1.82, 2.24) is 10.1 Å². The Kier molecular flexibility index (Phi) is 3.24. The summed E-state index contributed by atoms with van der Waals surface area (Å²) in [5, 5.41) is 6.33. The third kappa shape index (κ3) is 2.56. The van der Waals surface area contributed by atoms with Gasteiger partial charge in [-0.25, -0.2) is 0 Å². The number of aromatic nitrogens is 2. The van der Waals surface area contributed by atoms with Gasteiger partial charge in [0, 0.05) is 11.1 Å². The van der Waals surface area contributed by atoms with Crippen LogP contribution >= 0.6 is 0 Å². The number of amides is 1. The van der Waals surface area contributed by atoms with Crippen molar-refractivity contribution in [1.29, 1.82) is 0 Å². The van der Waals surface area contributed by atoms with Crippen LogP contribution in [0.25, 0.3) is 11.5 Å². The highest BCUT2D eigenvalue weighted by molar-refractivity contribution is 6.03. The summed E-state index contributed by atoms with van der Waals surface area (Å²) in [6.07, 6.45) is 0. The lowest BCUT2D eigenvalue weighted by Gasteiger charge is -1.98. The number of nitrogens with zero attached hydrogens (tertiary/aromatic N) is 2. The first kappa shape index (κ1) is 12.1. The largest absolute Gasteiger partial charge is 0.332 e. The molecule has 20 heavy (non-hydrogen) atoms. The van der Waals surface area contributed by atoms with Crippen molar-refractivity contribution in [2.75, 3.05) is 5.32 Å². The lowest BCUT2D eigenvalue weighted by molar-refractivity contribution is 0.102. The van der Waals surface area contributed by atoms with Crippen molar-refractivity contribution in [3.8, 4) is 11.5 Å². The molecule has 1 amide bonds. The molecule has 0 saturated carbocycles. The van der Waals surface area contributed by atoms with E-state index in [0.717, 1.165) is 5.56 Å². The predicted octanol–water partition coefficient (Wildman–Crippen LogP) is 2.99. The summed E-state index contributed by atoms with van der Waals surface area (Å²) in [5.41, 5.74) is 1.35. The number of anilines is 1. The summed E-state index contributed by atoms with van der Waals surface area (Å²) in [5.74, 6) is 0.248. The first-order chi connectivity index (χ1) is 9.83. The SMILES string of the molecule is O=C(Nc1noc(-c2ccccc2)n1)c1ccccc1. The fourth-order valence-corrected chi connectivity index (χ4v) is 1.74. The third-order valence-corrected chi connectivity index (χ3v) is 2.71. The Morgan fingerprint density at radius 2 is 1.60 bits per heavy atom. The normalized spacial score (nSPS) is 10.2. The highest BCUT2D eigenvalue weighted by Crippen LogP contribution is 2.18. The molecule has 0 saturated heterocycles. The van der Waals surface area contributed by atoms with Crippen LogP contribution in [0.4, 0.5) is 5.95 Å². The van der Waals surface area contributed by atoms with Gasteiger partial charge < -0.3 is 4.52 Å². The maximum absolute atomic E-state index is 11.9. The molecule has 0 spiro atoms. The van der Waals surface area contributed by atoms with Gasteiger partial charge in [0.1, 0.15) is 0 Å². The maximum Gasteiger partial charge on any atom is 0.270 e. The maximum atomic E-state index is 11.9. The second-order valence-electron chi connectivity index (χ2n) is 4.11. The molecule has 98 valence electrons. The average Bonchev–Trinajstić information content (AvgIpc) is 2.97. The van der Waals surface area contributed by atoms with Crippen molar-refractivity contribution in [2.24, 2.45) is 0 Å². The molecule has 2 aromatic carbocycles. The van der Waals surface area contributed by atoms with E-state index in [0.29, 0.717) is 11.5 Å². The van der Waals surface area contributed by atoms with Crippen LogP contribution in [-0.4, -0.2) is 16.0 Å². The second kappa shape index (κ2) is 5.36. The molecule has 5 heteroatoms. The standard InChI is InChI=1S/C15H11N3O2/c19-13(11-7-3-1-4-8-11)16-15-17-14(20-18-15)12-9-5-2-6-10-12/h1-10H,(H,16,18,19). The van der Waals surface area contributed by atoms with Gasteiger partial charge in [0.15, 0.2) is 0 Å². The van der Waals surface area contributed by atoms with E-state index in [-0.39, 0.29) is 11.9 Å². The van der Waals surface area contributed by atoms with Gasteiger partial charge in [-0.1, -0.05) is 36.4 Å². The van der Waals surface area contributed by atoms with Crippen molar-refractivity contribution >= 4 is 11.9 Å². The van der Waals surface area contributed by atoms with Crippen molar-refractivity contribution in [3.05, 3.63) is 66.2 Å². The van der Waals surface area contributed by atoms with Crippen LogP contribution < -0.4 is 5.32 Å². The van der Waals surface area contributed by atoms with Crippen LogP contribution in [0.2, 0.25) is 0 Å². The number of carbonyl (C=O) groups excluding carboxylic acids is 1. The van der Waals surface area contributed by atoms with E-state index < -0.39 is 0 Å². The van der Waals surface area contributed by atoms with Crippen molar-refractivity contribution < 1.29 is 9.32 Å². The zero-order chi connectivity index (χ0) is 13.8. The van der Waals surface area contributed by atoms with Crippen LogP contribution in [0.3, 0.4) is 0 Å². The summed E-state index contributed by atoms with van der Waals surface area (Å²) in [4.78, 5) is 16.1. The first-order valence-corrected chi connectivity index (χ1v) is 6.08. The lowest BCUT2D eigenvalue weighted by Crippen LogP contribution is -2.12. The highest BCUT2D eigenvalue weighted by atomic mass is 16.5. The Morgan fingerprint density at radius 1 is 0.950 bits per heavy atom. The zero-order valence-electron chi connectivity index (χ0n) is 10.5. The molecular weight excluding hydrogens is 254 g/mol. The molecule has 0 aliphatic rings. The van der Waals surface area contributed by atoms with Crippen LogP contribution in [-0.2, 0) is 0 Å².